The van der Waals surface area contributed by atoms with Gasteiger partial charge in [-0.25, -0.2) is 9.97 Å². The van der Waals surface area contributed by atoms with Gasteiger partial charge in [-0.05, 0) is 23.3 Å². The molecule has 0 amide bonds. The molecule has 0 bridgehead atoms. The lowest BCUT2D eigenvalue weighted by Crippen LogP contribution is -2.00. The first kappa shape index (κ1) is 14.9. The Labute approximate surface area is 148 Å². The summed E-state index contributed by atoms with van der Waals surface area (Å²) in [7, 11) is 0. The third kappa shape index (κ3) is 2.67. The molecule has 0 aliphatic carbocycles. The van der Waals surface area contributed by atoms with Crippen molar-refractivity contribution in [2.24, 2.45) is 0 Å². The Hall–Kier alpha value is -2.66. The number of nitrogens with two attached hydrogens (primary N) is 1. The first-order valence-corrected chi connectivity index (χ1v) is 8.41. The Morgan fingerprint density at radius 2 is 1.71 bits per heavy atom. The summed E-state index contributed by atoms with van der Waals surface area (Å²) >= 11 is 3.47. The van der Waals surface area contributed by atoms with Crippen molar-refractivity contribution in [1.29, 1.82) is 0 Å². The van der Waals surface area contributed by atoms with Gasteiger partial charge in [0.25, 0.3) is 0 Å². The zero-order chi connectivity index (χ0) is 16.5. The fourth-order valence-electron chi connectivity index (χ4n) is 2.89. The van der Waals surface area contributed by atoms with E-state index in [9.17, 15) is 0 Å². The van der Waals surface area contributed by atoms with Gasteiger partial charge in [0.2, 0.25) is 0 Å². The highest BCUT2D eigenvalue weighted by Gasteiger charge is 2.14. The maximum absolute atomic E-state index is 6.15. The smallest absolute Gasteiger partial charge is 0.146 e. The second-order valence-corrected chi connectivity index (χ2v) is 6.54. The van der Waals surface area contributed by atoms with Gasteiger partial charge in [-0.15, -0.1) is 0 Å². The molecule has 2 N–H and O–H groups in total. The summed E-state index contributed by atoms with van der Waals surface area (Å²) in [5.41, 5.74) is 10.4. The van der Waals surface area contributed by atoms with Gasteiger partial charge in [-0.3, -0.25) is 0 Å². The normalized spacial score (nSPS) is 11.0. The quantitative estimate of drug-likeness (QED) is 0.571. The first-order chi connectivity index (χ1) is 11.7. The number of hydrogen-bond donors (Lipinski definition) is 1. The van der Waals surface area contributed by atoms with E-state index in [1.165, 1.54) is 11.9 Å². The third-order valence-electron chi connectivity index (χ3n) is 4.03. The Morgan fingerprint density at radius 3 is 2.46 bits per heavy atom. The molecule has 0 spiro atoms. The molecular weight excluding hydrogens is 364 g/mol. The van der Waals surface area contributed by atoms with Crippen LogP contribution in [0.25, 0.3) is 22.2 Å². The molecule has 0 aliphatic heterocycles. The van der Waals surface area contributed by atoms with Crippen molar-refractivity contribution in [3.05, 3.63) is 77.2 Å². The van der Waals surface area contributed by atoms with E-state index in [1.54, 1.807) is 0 Å². The largest absolute Gasteiger partial charge is 0.383 e. The van der Waals surface area contributed by atoms with Crippen molar-refractivity contribution in [2.45, 2.75) is 6.54 Å². The van der Waals surface area contributed by atoms with Crippen molar-refractivity contribution < 1.29 is 0 Å². The number of aromatic nitrogens is 3. The molecule has 2 aromatic heterocycles. The molecule has 4 rings (SSSR count). The summed E-state index contributed by atoms with van der Waals surface area (Å²) in [5.74, 6) is 0.508. The molecular formula is C19H15BrN4. The molecule has 0 aliphatic rings. The summed E-state index contributed by atoms with van der Waals surface area (Å²) in [6, 6.07) is 18.5. The minimum Gasteiger partial charge on any atom is -0.383 e. The van der Waals surface area contributed by atoms with E-state index in [0.717, 1.165) is 33.2 Å². The fourth-order valence-corrected chi connectivity index (χ4v) is 3.16. The Bertz CT molecular complexity index is 991. The zero-order valence-electron chi connectivity index (χ0n) is 12.9. The maximum Gasteiger partial charge on any atom is 0.146 e. The van der Waals surface area contributed by atoms with Crippen LogP contribution in [0, 0.1) is 0 Å². The van der Waals surface area contributed by atoms with Crippen molar-refractivity contribution >= 4 is 32.8 Å². The van der Waals surface area contributed by atoms with Crippen molar-refractivity contribution in [3.8, 4) is 11.1 Å². The van der Waals surface area contributed by atoms with Crippen LogP contribution in [0.15, 0.2) is 71.6 Å². The van der Waals surface area contributed by atoms with Crippen LogP contribution >= 0.6 is 15.9 Å². The summed E-state index contributed by atoms with van der Waals surface area (Å²) in [4.78, 5) is 8.64. The minimum absolute atomic E-state index is 0.508. The lowest BCUT2D eigenvalue weighted by Gasteiger charge is -2.05. The molecule has 24 heavy (non-hydrogen) atoms. The predicted octanol–water partition coefficient (Wildman–Crippen LogP) is 4.49. The van der Waals surface area contributed by atoms with E-state index >= 15 is 0 Å². The standard InChI is InChI=1S/C19H15BrN4/c20-15-8-6-13(7-9-15)10-24-11-16(14-4-2-1-3-5-14)17-18(21)22-12-23-19(17)24/h1-9,11-12H,10H2,(H2,21,22,23). The number of halogens is 1. The highest BCUT2D eigenvalue weighted by Crippen LogP contribution is 2.32. The topological polar surface area (TPSA) is 56.7 Å². The van der Waals surface area contributed by atoms with Gasteiger partial charge >= 0.3 is 0 Å². The number of fused-ring (bicyclic) bond motifs is 1. The lowest BCUT2D eigenvalue weighted by molar-refractivity contribution is 0.824. The van der Waals surface area contributed by atoms with Gasteiger partial charge in [0.1, 0.15) is 17.8 Å². The first-order valence-electron chi connectivity index (χ1n) is 7.61. The van der Waals surface area contributed by atoms with Crippen LogP contribution in [-0.4, -0.2) is 14.5 Å². The predicted molar refractivity (Wildman–Crippen MR) is 101 cm³/mol. The highest BCUT2D eigenvalue weighted by molar-refractivity contribution is 9.10. The SMILES string of the molecule is Nc1ncnc2c1c(-c1ccccc1)cn2Cc1ccc(Br)cc1. The Kier molecular flexibility index (Phi) is 3.78. The van der Waals surface area contributed by atoms with Crippen LogP contribution < -0.4 is 5.73 Å². The van der Waals surface area contributed by atoms with Gasteiger partial charge in [0.05, 0.1) is 5.39 Å². The number of hydrogen-bond acceptors (Lipinski definition) is 3. The Morgan fingerprint density at radius 1 is 0.958 bits per heavy atom. The lowest BCUT2D eigenvalue weighted by atomic mass is 10.1. The van der Waals surface area contributed by atoms with E-state index < -0.39 is 0 Å². The number of nitrogens with zero attached hydrogens (tertiary/aromatic N) is 3. The monoisotopic (exact) mass is 378 g/mol. The number of anilines is 1. The van der Waals surface area contributed by atoms with Gasteiger partial charge in [0, 0.05) is 22.8 Å². The van der Waals surface area contributed by atoms with Crippen molar-refractivity contribution in [2.75, 3.05) is 5.73 Å². The summed E-state index contributed by atoms with van der Waals surface area (Å²) in [6.45, 7) is 0.729. The molecule has 5 heteroatoms. The zero-order valence-corrected chi connectivity index (χ0v) is 14.4. The van der Waals surface area contributed by atoms with Gasteiger partial charge < -0.3 is 10.3 Å². The van der Waals surface area contributed by atoms with E-state index in [-0.39, 0.29) is 0 Å². The van der Waals surface area contributed by atoms with Crippen LogP contribution in [0.5, 0.6) is 0 Å². The molecule has 0 saturated heterocycles. The van der Waals surface area contributed by atoms with E-state index in [4.69, 9.17) is 5.73 Å². The maximum atomic E-state index is 6.15. The fraction of sp³-hybridized carbons (Fsp3) is 0.0526. The minimum atomic E-state index is 0.508. The van der Waals surface area contributed by atoms with Crippen LogP contribution in [0.1, 0.15) is 5.56 Å². The Balaban J connectivity index is 1.87. The van der Waals surface area contributed by atoms with E-state index in [0.29, 0.717) is 5.82 Å². The van der Waals surface area contributed by atoms with Crippen LogP contribution in [-0.2, 0) is 6.54 Å². The average Bonchev–Trinajstić information content (AvgIpc) is 2.98. The number of nitrogen functional groups attached to an aromatic ring is 1. The third-order valence-corrected chi connectivity index (χ3v) is 4.56. The molecule has 4 nitrogen and oxygen atoms in total. The molecule has 2 aromatic carbocycles. The van der Waals surface area contributed by atoms with Crippen LogP contribution in [0.2, 0.25) is 0 Å². The summed E-state index contributed by atoms with van der Waals surface area (Å²) in [5, 5.41) is 0.904. The van der Waals surface area contributed by atoms with Gasteiger partial charge in [-0.2, -0.15) is 0 Å². The molecule has 2 heterocycles. The molecule has 0 radical (unpaired) electrons. The molecule has 0 fully saturated rings. The van der Waals surface area contributed by atoms with Gasteiger partial charge in [0.15, 0.2) is 0 Å². The number of rotatable bonds is 3. The van der Waals surface area contributed by atoms with Crippen LogP contribution in [0.4, 0.5) is 5.82 Å². The molecule has 118 valence electrons. The second-order valence-electron chi connectivity index (χ2n) is 5.62. The van der Waals surface area contributed by atoms with Crippen molar-refractivity contribution in [3.63, 3.8) is 0 Å². The van der Waals surface area contributed by atoms with Gasteiger partial charge in [-0.1, -0.05) is 58.4 Å². The molecule has 0 atom stereocenters. The molecule has 4 aromatic rings. The molecule has 0 unspecified atom stereocenters. The molecule has 0 saturated carbocycles. The summed E-state index contributed by atoms with van der Waals surface area (Å²) < 4.78 is 3.19. The highest BCUT2D eigenvalue weighted by atomic mass is 79.9. The van der Waals surface area contributed by atoms with E-state index in [1.807, 2.05) is 30.3 Å². The van der Waals surface area contributed by atoms with E-state index in [2.05, 4.69) is 60.9 Å². The summed E-state index contributed by atoms with van der Waals surface area (Å²) in [6.07, 6.45) is 3.62. The van der Waals surface area contributed by atoms with Crippen LogP contribution in [0.3, 0.4) is 0 Å². The second kappa shape index (κ2) is 6.09. The van der Waals surface area contributed by atoms with Crippen molar-refractivity contribution in [1.82, 2.24) is 14.5 Å². The average molecular weight is 379 g/mol. The number of benzene rings is 2.